The Morgan fingerprint density at radius 2 is 1.92 bits per heavy atom. The van der Waals surface area contributed by atoms with E-state index in [2.05, 4.69) is 0 Å². The number of nitrogens with zero attached hydrogens (tertiary/aromatic N) is 1. The summed E-state index contributed by atoms with van der Waals surface area (Å²) in [6.45, 7) is 1.87. The molecule has 0 saturated heterocycles. The number of amides is 1. The molecule has 2 aromatic rings. The van der Waals surface area contributed by atoms with Gasteiger partial charge in [0.1, 0.15) is 11.6 Å². The highest BCUT2D eigenvalue weighted by molar-refractivity contribution is 5.78. The second-order valence-corrected chi connectivity index (χ2v) is 6.43. The number of methoxy groups -OCH3 is 1. The molecule has 1 saturated carbocycles. The van der Waals surface area contributed by atoms with Crippen LogP contribution in [0.15, 0.2) is 36.4 Å². The summed E-state index contributed by atoms with van der Waals surface area (Å²) in [6, 6.07) is 8.93. The minimum absolute atomic E-state index is 0.0791. The number of carbonyl (C=O) groups excluding carboxylic acids is 1. The van der Waals surface area contributed by atoms with Gasteiger partial charge in [0.05, 0.1) is 7.11 Å². The summed E-state index contributed by atoms with van der Waals surface area (Å²) in [5, 5.41) is 0. The van der Waals surface area contributed by atoms with Gasteiger partial charge in [-0.1, -0.05) is 12.1 Å². The van der Waals surface area contributed by atoms with E-state index in [0.717, 1.165) is 24.5 Å². The van der Waals surface area contributed by atoms with E-state index in [9.17, 15) is 13.6 Å². The highest BCUT2D eigenvalue weighted by atomic mass is 19.1. The van der Waals surface area contributed by atoms with E-state index in [0.29, 0.717) is 17.1 Å². The first-order chi connectivity index (χ1) is 12.5. The second kappa shape index (κ2) is 7.72. The monoisotopic (exact) mass is 361 g/mol. The van der Waals surface area contributed by atoms with Gasteiger partial charge in [0, 0.05) is 24.2 Å². The third-order valence-corrected chi connectivity index (χ3v) is 4.33. The van der Waals surface area contributed by atoms with E-state index in [4.69, 9.17) is 9.47 Å². The fraction of sp³-hybridized carbons (Fsp3) is 0.350. The number of hydrogen-bond donors (Lipinski definition) is 0. The van der Waals surface area contributed by atoms with Crippen molar-refractivity contribution in [3.05, 3.63) is 59.2 Å². The smallest absolute Gasteiger partial charge is 0.261 e. The van der Waals surface area contributed by atoms with E-state index < -0.39 is 11.6 Å². The molecule has 0 bridgehead atoms. The maximum Gasteiger partial charge on any atom is 0.261 e. The molecular formula is C20H21F2NO3. The van der Waals surface area contributed by atoms with Crippen LogP contribution in [-0.2, 0) is 11.3 Å². The minimum atomic E-state index is -0.649. The molecule has 6 heteroatoms. The van der Waals surface area contributed by atoms with Gasteiger partial charge in [0.2, 0.25) is 0 Å². The Kier molecular flexibility index (Phi) is 5.40. The molecule has 0 spiro atoms. The summed E-state index contributed by atoms with van der Waals surface area (Å²) >= 11 is 0. The largest absolute Gasteiger partial charge is 0.493 e. The molecule has 1 aliphatic rings. The van der Waals surface area contributed by atoms with Crippen molar-refractivity contribution in [1.82, 2.24) is 4.90 Å². The maximum absolute atomic E-state index is 13.9. The normalized spacial score (nSPS) is 13.4. The lowest BCUT2D eigenvalue weighted by atomic mass is 10.2. The third kappa shape index (κ3) is 4.31. The molecule has 0 heterocycles. The van der Waals surface area contributed by atoms with Crippen LogP contribution in [0.2, 0.25) is 0 Å². The topological polar surface area (TPSA) is 38.8 Å². The summed E-state index contributed by atoms with van der Waals surface area (Å²) in [5.41, 5.74) is 1.31. The molecule has 4 nitrogen and oxygen atoms in total. The standard InChI is InChI=1S/C20H21F2NO3/c1-13-3-8-18(19(9-13)25-2)26-12-20(24)23(16-6-7-16)11-14-4-5-15(21)10-17(14)22/h3-5,8-10,16H,6-7,11-12H2,1-2H3. The summed E-state index contributed by atoms with van der Waals surface area (Å²) in [5.74, 6) is -0.482. The predicted octanol–water partition coefficient (Wildman–Crippen LogP) is 3.85. The van der Waals surface area contributed by atoms with E-state index in [1.165, 1.54) is 19.2 Å². The molecule has 1 aliphatic carbocycles. The van der Waals surface area contributed by atoms with Crippen LogP contribution in [0.3, 0.4) is 0 Å². The molecule has 0 unspecified atom stereocenters. The van der Waals surface area contributed by atoms with Crippen LogP contribution in [-0.4, -0.2) is 30.6 Å². The fourth-order valence-electron chi connectivity index (χ4n) is 2.76. The van der Waals surface area contributed by atoms with Crippen LogP contribution < -0.4 is 9.47 Å². The minimum Gasteiger partial charge on any atom is -0.493 e. The summed E-state index contributed by atoms with van der Waals surface area (Å²) in [4.78, 5) is 14.2. The first kappa shape index (κ1) is 18.2. The zero-order chi connectivity index (χ0) is 18.7. The van der Waals surface area contributed by atoms with Crippen LogP contribution in [0, 0.1) is 18.6 Å². The van der Waals surface area contributed by atoms with E-state index in [1.54, 1.807) is 11.0 Å². The van der Waals surface area contributed by atoms with Gasteiger partial charge in [-0.05, 0) is 43.5 Å². The van der Waals surface area contributed by atoms with Crippen LogP contribution in [0.5, 0.6) is 11.5 Å². The van der Waals surface area contributed by atoms with Crippen molar-refractivity contribution < 1.29 is 23.0 Å². The van der Waals surface area contributed by atoms with Crippen molar-refractivity contribution in [2.75, 3.05) is 13.7 Å². The number of carbonyl (C=O) groups is 1. The first-order valence-corrected chi connectivity index (χ1v) is 8.48. The zero-order valence-electron chi connectivity index (χ0n) is 14.8. The molecule has 2 aromatic carbocycles. The Morgan fingerprint density at radius 3 is 2.58 bits per heavy atom. The number of rotatable bonds is 7. The molecule has 0 aliphatic heterocycles. The molecule has 1 amide bonds. The number of ether oxygens (including phenoxy) is 2. The number of benzene rings is 2. The van der Waals surface area contributed by atoms with Crippen LogP contribution >= 0.6 is 0 Å². The van der Waals surface area contributed by atoms with Crippen LogP contribution in [0.4, 0.5) is 8.78 Å². The van der Waals surface area contributed by atoms with Crippen LogP contribution in [0.1, 0.15) is 24.0 Å². The lowest BCUT2D eigenvalue weighted by molar-refractivity contribution is -0.134. The van der Waals surface area contributed by atoms with Gasteiger partial charge in [0.15, 0.2) is 18.1 Å². The summed E-state index contributed by atoms with van der Waals surface area (Å²) < 4.78 is 37.9. The molecular weight excluding hydrogens is 340 g/mol. The van der Waals surface area contributed by atoms with Crippen molar-refractivity contribution in [1.29, 1.82) is 0 Å². The van der Waals surface area contributed by atoms with E-state index >= 15 is 0 Å². The molecule has 3 rings (SSSR count). The third-order valence-electron chi connectivity index (χ3n) is 4.33. The average molecular weight is 361 g/mol. The lowest BCUT2D eigenvalue weighted by Crippen LogP contribution is -2.36. The maximum atomic E-state index is 13.9. The quantitative estimate of drug-likeness (QED) is 0.752. The summed E-state index contributed by atoms with van der Waals surface area (Å²) in [6.07, 6.45) is 1.75. The van der Waals surface area contributed by atoms with E-state index in [1.807, 2.05) is 19.1 Å². The molecule has 0 radical (unpaired) electrons. The Hall–Kier alpha value is -2.63. The SMILES string of the molecule is COc1cc(C)ccc1OCC(=O)N(Cc1ccc(F)cc1F)C1CC1. The van der Waals surface area contributed by atoms with E-state index in [-0.39, 0.29) is 25.1 Å². The summed E-state index contributed by atoms with van der Waals surface area (Å²) in [7, 11) is 1.54. The Morgan fingerprint density at radius 1 is 1.15 bits per heavy atom. The predicted molar refractivity (Wildman–Crippen MR) is 93.2 cm³/mol. The van der Waals surface area contributed by atoms with Crippen molar-refractivity contribution in [3.63, 3.8) is 0 Å². The highest BCUT2D eigenvalue weighted by Crippen LogP contribution is 2.30. The van der Waals surface area contributed by atoms with Gasteiger partial charge >= 0.3 is 0 Å². The molecule has 0 N–H and O–H groups in total. The van der Waals surface area contributed by atoms with Gasteiger partial charge in [0.25, 0.3) is 5.91 Å². The van der Waals surface area contributed by atoms with Crippen molar-refractivity contribution >= 4 is 5.91 Å². The molecule has 0 atom stereocenters. The fourth-order valence-corrected chi connectivity index (χ4v) is 2.76. The molecule has 138 valence electrons. The van der Waals surface area contributed by atoms with Gasteiger partial charge in [-0.3, -0.25) is 4.79 Å². The van der Waals surface area contributed by atoms with Gasteiger partial charge in [-0.25, -0.2) is 8.78 Å². The molecule has 26 heavy (non-hydrogen) atoms. The van der Waals surface area contributed by atoms with Gasteiger partial charge in [-0.2, -0.15) is 0 Å². The number of hydrogen-bond acceptors (Lipinski definition) is 3. The average Bonchev–Trinajstić information content (AvgIpc) is 3.44. The molecule has 0 aromatic heterocycles. The van der Waals surface area contributed by atoms with Gasteiger partial charge < -0.3 is 14.4 Å². The van der Waals surface area contributed by atoms with Crippen molar-refractivity contribution in [2.24, 2.45) is 0 Å². The first-order valence-electron chi connectivity index (χ1n) is 8.48. The highest BCUT2D eigenvalue weighted by Gasteiger charge is 2.33. The Balaban J connectivity index is 1.68. The Labute approximate surface area is 151 Å². The Bertz CT molecular complexity index is 806. The lowest BCUT2D eigenvalue weighted by Gasteiger charge is -2.23. The zero-order valence-corrected chi connectivity index (χ0v) is 14.8. The van der Waals surface area contributed by atoms with Crippen molar-refractivity contribution in [3.8, 4) is 11.5 Å². The van der Waals surface area contributed by atoms with Crippen LogP contribution in [0.25, 0.3) is 0 Å². The number of halogens is 2. The van der Waals surface area contributed by atoms with Gasteiger partial charge in [-0.15, -0.1) is 0 Å². The molecule has 1 fully saturated rings. The van der Waals surface area contributed by atoms with Crippen molar-refractivity contribution in [2.45, 2.75) is 32.4 Å². The second-order valence-electron chi connectivity index (χ2n) is 6.43. The number of aryl methyl sites for hydroxylation is 1.